The van der Waals surface area contributed by atoms with Crippen LogP contribution in [0.1, 0.15) is 56.2 Å². The van der Waals surface area contributed by atoms with Crippen LogP contribution in [-0.4, -0.2) is 8.07 Å². The molecule has 0 aliphatic heterocycles. The zero-order valence-corrected chi connectivity index (χ0v) is 27.0. The van der Waals surface area contributed by atoms with Crippen LogP contribution < -0.4 is 5.19 Å². The van der Waals surface area contributed by atoms with Gasteiger partial charge in [-0.2, -0.15) is 12.8 Å². The number of hydrogen-bond acceptors (Lipinski definition) is 0. The SMILES string of the molecule is C[Si](C)(c1cccc2c1[cH-]c1ccccc12)C1c2ccccc2-c2ccccc21.[CH2-]CCC.[CH2-]CCC.[Zr+3]. The van der Waals surface area contributed by atoms with Gasteiger partial charge in [0.1, 0.15) is 0 Å². The Morgan fingerprint density at radius 2 is 1.13 bits per heavy atom. The molecule has 0 fully saturated rings. The molecule has 38 heavy (non-hydrogen) atoms. The molecule has 1 aliphatic carbocycles. The molecule has 0 saturated heterocycles. The van der Waals surface area contributed by atoms with Gasteiger partial charge in [-0.25, -0.2) is 0 Å². The summed E-state index contributed by atoms with van der Waals surface area (Å²) < 4.78 is 0. The number of benzene rings is 4. The molecule has 0 atom stereocenters. The minimum absolute atomic E-state index is 0. The molecule has 6 rings (SSSR count). The van der Waals surface area contributed by atoms with Gasteiger partial charge >= 0.3 is 26.2 Å². The van der Waals surface area contributed by atoms with Crippen molar-refractivity contribution in [3.63, 3.8) is 0 Å². The first kappa shape index (κ1) is 30.4. The zero-order valence-electron chi connectivity index (χ0n) is 23.6. The second-order valence-electron chi connectivity index (χ2n) is 10.5. The van der Waals surface area contributed by atoms with Gasteiger partial charge in [-0.05, 0) is 22.3 Å². The predicted octanol–water partition coefficient (Wildman–Crippen LogP) is 10.2. The molecular formula is C36H41SiZr. The summed E-state index contributed by atoms with van der Waals surface area (Å²) in [4.78, 5) is 0. The van der Waals surface area contributed by atoms with Gasteiger partial charge in [0, 0.05) is 5.54 Å². The van der Waals surface area contributed by atoms with Crippen molar-refractivity contribution in [2.75, 3.05) is 0 Å². The normalized spacial score (nSPS) is 12.1. The summed E-state index contributed by atoms with van der Waals surface area (Å²) in [5, 5.41) is 7.15. The van der Waals surface area contributed by atoms with Crippen LogP contribution in [0.25, 0.3) is 32.7 Å². The molecule has 0 bridgehead atoms. The Balaban J connectivity index is 0.000000395. The molecule has 1 aliphatic rings. The summed E-state index contributed by atoms with van der Waals surface area (Å²) in [5.41, 5.74) is 6.36. The van der Waals surface area contributed by atoms with E-state index in [-0.39, 0.29) is 26.2 Å². The molecule has 0 spiro atoms. The van der Waals surface area contributed by atoms with E-state index in [9.17, 15) is 0 Å². The minimum Gasteiger partial charge on any atom is -0.343 e. The second-order valence-corrected chi connectivity index (χ2v) is 15.1. The summed E-state index contributed by atoms with van der Waals surface area (Å²) >= 11 is 0. The molecule has 5 aromatic carbocycles. The zero-order chi connectivity index (χ0) is 26.4. The van der Waals surface area contributed by atoms with Gasteiger partial charge in [-0.3, -0.25) is 0 Å². The predicted molar refractivity (Wildman–Crippen MR) is 168 cm³/mol. The number of fused-ring (bicyclic) bond motifs is 6. The monoisotopic (exact) mass is 591 g/mol. The number of hydrogen-bond donors (Lipinski definition) is 0. The molecule has 193 valence electrons. The molecule has 5 aromatic rings. The molecule has 0 N–H and O–H groups in total. The molecule has 0 unspecified atom stereocenters. The van der Waals surface area contributed by atoms with Crippen molar-refractivity contribution < 1.29 is 26.2 Å². The fraction of sp³-hybridized carbons (Fsp3) is 0.250. The van der Waals surface area contributed by atoms with Crippen molar-refractivity contribution in [2.45, 2.75) is 58.2 Å². The quantitative estimate of drug-likeness (QED) is 0.144. The molecule has 0 saturated carbocycles. The third-order valence-corrected chi connectivity index (χ3v) is 11.5. The topological polar surface area (TPSA) is 0 Å². The van der Waals surface area contributed by atoms with Crippen molar-refractivity contribution in [3.8, 4) is 11.1 Å². The summed E-state index contributed by atoms with van der Waals surface area (Å²) in [6.45, 7) is 16.6. The Kier molecular flexibility index (Phi) is 11.0. The van der Waals surface area contributed by atoms with Crippen LogP contribution in [0.4, 0.5) is 0 Å². The fourth-order valence-electron chi connectivity index (χ4n) is 5.63. The van der Waals surface area contributed by atoms with Gasteiger partial charge < -0.3 is 13.8 Å². The van der Waals surface area contributed by atoms with Crippen molar-refractivity contribution >= 4 is 34.8 Å². The molecule has 0 aromatic heterocycles. The Labute approximate surface area is 251 Å². The Morgan fingerprint density at radius 3 is 1.68 bits per heavy atom. The Bertz CT molecular complexity index is 1410. The van der Waals surface area contributed by atoms with E-state index in [1.54, 1.807) is 5.19 Å². The first-order chi connectivity index (χ1) is 18.0. The van der Waals surface area contributed by atoms with E-state index >= 15 is 0 Å². The first-order valence-electron chi connectivity index (χ1n) is 13.8. The number of unbranched alkanes of at least 4 members (excludes halogenated alkanes) is 2. The fourth-order valence-corrected chi connectivity index (χ4v) is 9.43. The Morgan fingerprint density at radius 1 is 0.658 bits per heavy atom. The third kappa shape index (κ3) is 5.88. The van der Waals surface area contributed by atoms with Gasteiger partial charge in [-0.1, -0.05) is 125 Å². The van der Waals surface area contributed by atoms with Crippen LogP contribution in [0.15, 0.2) is 97.1 Å². The average molecular weight is 593 g/mol. The smallest absolute Gasteiger partial charge is 0.343 e. The van der Waals surface area contributed by atoms with Gasteiger partial charge in [0.25, 0.3) is 0 Å². The van der Waals surface area contributed by atoms with Crippen LogP contribution in [0, 0.1) is 13.8 Å². The van der Waals surface area contributed by atoms with E-state index in [1.807, 2.05) is 0 Å². The van der Waals surface area contributed by atoms with Crippen molar-refractivity contribution in [1.82, 2.24) is 0 Å². The van der Waals surface area contributed by atoms with Crippen LogP contribution in [0.5, 0.6) is 0 Å². The third-order valence-electron chi connectivity index (χ3n) is 7.61. The average Bonchev–Trinajstić information content (AvgIpc) is 3.49. The van der Waals surface area contributed by atoms with Crippen LogP contribution in [-0.2, 0) is 26.2 Å². The van der Waals surface area contributed by atoms with E-state index in [0.717, 1.165) is 12.8 Å². The molecule has 1 radical (unpaired) electrons. The molecular weight excluding hydrogens is 552 g/mol. The maximum atomic E-state index is 3.60. The van der Waals surface area contributed by atoms with E-state index < -0.39 is 8.07 Å². The van der Waals surface area contributed by atoms with E-state index in [0.29, 0.717) is 5.54 Å². The van der Waals surface area contributed by atoms with Crippen LogP contribution >= 0.6 is 0 Å². The van der Waals surface area contributed by atoms with Gasteiger partial charge in [0.05, 0.1) is 8.07 Å². The molecule has 0 heterocycles. The van der Waals surface area contributed by atoms with Gasteiger partial charge in [0.2, 0.25) is 0 Å². The summed E-state index contributed by atoms with van der Waals surface area (Å²) in [5.74, 6) is 0. The van der Waals surface area contributed by atoms with E-state index in [2.05, 4.69) is 138 Å². The minimum atomic E-state index is -1.88. The van der Waals surface area contributed by atoms with Crippen molar-refractivity contribution in [1.29, 1.82) is 0 Å². The standard InChI is InChI=1S/C28H23Si.2C4H9.Zr/c1-29(2,27-17-9-16-21-20-11-4-3-10-19(20)18-26(21)27)28-24-14-7-5-12-22(24)23-13-6-8-15-25(23)28;2*1-3-4-2;/h3-18,28H,1-2H3;2*1,3-4H2,2H3;/q3*-1;+3. The Hall–Kier alpha value is -2.15. The van der Waals surface area contributed by atoms with E-state index in [4.69, 9.17) is 0 Å². The van der Waals surface area contributed by atoms with Crippen molar-refractivity contribution in [3.05, 3.63) is 122 Å². The summed E-state index contributed by atoms with van der Waals surface area (Å²) in [6, 6.07) is 36.3. The number of rotatable bonds is 4. The second kappa shape index (κ2) is 13.8. The molecule has 0 amide bonds. The maximum Gasteiger partial charge on any atom is 3.00 e. The molecule has 2 heteroatoms. The van der Waals surface area contributed by atoms with Crippen molar-refractivity contribution in [2.24, 2.45) is 0 Å². The first-order valence-corrected chi connectivity index (χ1v) is 16.9. The largest absolute Gasteiger partial charge is 3.00 e. The van der Waals surface area contributed by atoms with Gasteiger partial charge in [0.15, 0.2) is 0 Å². The molecule has 0 nitrogen and oxygen atoms in total. The summed E-state index contributed by atoms with van der Waals surface area (Å²) in [7, 11) is -1.88. The van der Waals surface area contributed by atoms with Crippen LogP contribution in [0.3, 0.4) is 0 Å². The maximum absolute atomic E-state index is 3.60. The van der Waals surface area contributed by atoms with E-state index in [1.165, 1.54) is 56.6 Å². The summed E-state index contributed by atoms with van der Waals surface area (Å²) in [6.07, 6.45) is 4.56. The van der Waals surface area contributed by atoms with Gasteiger partial charge in [-0.15, -0.1) is 38.9 Å². The van der Waals surface area contributed by atoms with Crippen LogP contribution in [0.2, 0.25) is 13.1 Å².